The van der Waals surface area contributed by atoms with E-state index in [0.29, 0.717) is 24.2 Å². The molecule has 1 aliphatic rings. The summed E-state index contributed by atoms with van der Waals surface area (Å²) >= 11 is 0. The Bertz CT molecular complexity index is 357. The lowest BCUT2D eigenvalue weighted by molar-refractivity contribution is -0.129. The molecule has 0 saturated heterocycles. The molecule has 0 aromatic rings. The fourth-order valence-electron chi connectivity index (χ4n) is 4.70. The molecule has 1 rings (SSSR count). The van der Waals surface area contributed by atoms with Gasteiger partial charge in [-0.15, -0.1) is 19.7 Å². The van der Waals surface area contributed by atoms with Gasteiger partial charge in [-0.1, -0.05) is 39.0 Å². The number of aliphatic hydroxyl groups is 1. The molecule has 0 heterocycles. The van der Waals surface area contributed by atoms with E-state index in [4.69, 9.17) is 0 Å². The van der Waals surface area contributed by atoms with Crippen LogP contribution < -0.4 is 0 Å². The standard InChI is InChI=1S/C19H32O/c1-7-10-16-13-18(6,11-8-2)14-19(20,12-9-3)17(16)15(4)5/h7-9,15-17,20H,1-3,10-14H2,4-6H3/t16?,17-,18+,19-/m1/s1. The van der Waals surface area contributed by atoms with E-state index >= 15 is 0 Å². The molecule has 0 spiro atoms. The SMILES string of the molecule is C=CCC1C[C@](C)(CC=C)C[C@](O)(CC=C)[C@@H]1C(C)C. The van der Waals surface area contributed by atoms with E-state index in [1.807, 2.05) is 18.2 Å². The van der Waals surface area contributed by atoms with Crippen LogP contribution in [0.1, 0.15) is 52.9 Å². The topological polar surface area (TPSA) is 20.2 Å². The van der Waals surface area contributed by atoms with Crippen molar-refractivity contribution in [2.24, 2.45) is 23.2 Å². The van der Waals surface area contributed by atoms with Crippen molar-refractivity contribution < 1.29 is 5.11 Å². The molecule has 0 radical (unpaired) electrons. The van der Waals surface area contributed by atoms with Gasteiger partial charge in [0.15, 0.2) is 0 Å². The molecule has 0 aromatic heterocycles. The molecule has 1 unspecified atom stereocenters. The summed E-state index contributed by atoms with van der Waals surface area (Å²) in [7, 11) is 0. The summed E-state index contributed by atoms with van der Waals surface area (Å²) in [5.41, 5.74) is -0.502. The summed E-state index contributed by atoms with van der Waals surface area (Å²) in [6.45, 7) is 18.4. The highest BCUT2D eigenvalue weighted by molar-refractivity contribution is 5.06. The van der Waals surface area contributed by atoms with Gasteiger partial charge in [0.2, 0.25) is 0 Å². The largest absolute Gasteiger partial charge is 0.389 e. The zero-order chi connectivity index (χ0) is 15.4. The smallest absolute Gasteiger partial charge is 0.0720 e. The van der Waals surface area contributed by atoms with Crippen LogP contribution in [0.15, 0.2) is 38.0 Å². The lowest BCUT2D eigenvalue weighted by atomic mass is 9.54. The van der Waals surface area contributed by atoms with Crippen LogP contribution in [-0.4, -0.2) is 10.7 Å². The fourth-order valence-corrected chi connectivity index (χ4v) is 4.70. The highest BCUT2D eigenvalue weighted by Crippen LogP contribution is 2.54. The highest BCUT2D eigenvalue weighted by Gasteiger charge is 2.51. The van der Waals surface area contributed by atoms with Crippen molar-refractivity contribution in [3.8, 4) is 0 Å². The van der Waals surface area contributed by atoms with Crippen molar-refractivity contribution in [3.63, 3.8) is 0 Å². The Hall–Kier alpha value is -0.820. The maximum atomic E-state index is 11.3. The average Bonchev–Trinajstić information content (AvgIpc) is 2.27. The lowest BCUT2D eigenvalue weighted by Gasteiger charge is -2.53. The molecule has 114 valence electrons. The van der Waals surface area contributed by atoms with Gasteiger partial charge in [0.25, 0.3) is 0 Å². The van der Waals surface area contributed by atoms with Crippen LogP contribution in [0, 0.1) is 23.2 Å². The summed E-state index contributed by atoms with van der Waals surface area (Å²) < 4.78 is 0. The monoisotopic (exact) mass is 276 g/mol. The van der Waals surface area contributed by atoms with Crippen LogP contribution in [0.2, 0.25) is 0 Å². The molecule has 1 fully saturated rings. The summed E-state index contributed by atoms with van der Waals surface area (Å²) in [5, 5.41) is 11.3. The fraction of sp³-hybridized carbons (Fsp3) is 0.684. The molecule has 0 aromatic carbocycles. The maximum Gasteiger partial charge on any atom is 0.0720 e. The molecule has 20 heavy (non-hydrogen) atoms. The first-order valence-electron chi connectivity index (χ1n) is 7.87. The number of rotatable bonds is 7. The van der Waals surface area contributed by atoms with E-state index in [9.17, 15) is 5.11 Å². The molecule has 1 aliphatic carbocycles. The van der Waals surface area contributed by atoms with Crippen molar-refractivity contribution in [2.45, 2.75) is 58.5 Å². The number of hydrogen-bond acceptors (Lipinski definition) is 1. The third-order valence-electron chi connectivity index (χ3n) is 4.94. The molecule has 0 aliphatic heterocycles. The molecule has 1 N–H and O–H groups in total. The van der Waals surface area contributed by atoms with Crippen molar-refractivity contribution in [1.29, 1.82) is 0 Å². The van der Waals surface area contributed by atoms with Gasteiger partial charge in [0.1, 0.15) is 0 Å². The van der Waals surface area contributed by atoms with Crippen molar-refractivity contribution >= 4 is 0 Å². The van der Waals surface area contributed by atoms with Crippen LogP contribution >= 0.6 is 0 Å². The highest BCUT2D eigenvalue weighted by atomic mass is 16.3. The lowest BCUT2D eigenvalue weighted by Crippen LogP contribution is -2.53. The predicted octanol–water partition coefficient (Wildman–Crippen LogP) is 5.13. The Labute approximate surface area is 125 Å². The molecule has 4 atom stereocenters. The van der Waals surface area contributed by atoms with Crippen molar-refractivity contribution in [3.05, 3.63) is 38.0 Å². The zero-order valence-electron chi connectivity index (χ0n) is 13.6. The Kier molecular flexibility index (Phi) is 5.82. The van der Waals surface area contributed by atoms with E-state index < -0.39 is 5.60 Å². The van der Waals surface area contributed by atoms with Gasteiger partial charge in [-0.25, -0.2) is 0 Å². The Morgan fingerprint density at radius 1 is 1.15 bits per heavy atom. The van der Waals surface area contributed by atoms with Gasteiger partial charge in [0, 0.05) is 0 Å². The van der Waals surface area contributed by atoms with Crippen LogP contribution in [-0.2, 0) is 0 Å². The first-order chi connectivity index (χ1) is 9.32. The Morgan fingerprint density at radius 2 is 1.75 bits per heavy atom. The Morgan fingerprint density at radius 3 is 2.20 bits per heavy atom. The van der Waals surface area contributed by atoms with E-state index in [1.165, 1.54) is 0 Å². The van der Waals surface area contributed by atoms with Crippen LogP contribution in [0.4, 0.5) is 0 Å². The minimum atomic E-state index is -0.639. The molecule has 0 bridgehead atoms. The van der Waals surface area contributed by atoms with Crippen molar-refractivity contribution in [2.75, 3.05) is 0 Å². The molecule has 1 heteroatoms. The van der Waals surface area contributed by atoms with Gasteiger partial charge in [-0.2, -0.15) is 0 Å². The minimum absolute atomic E-state index is 0.137. The first-order valence-corrected chi connectivity index (χ1v) is 7.87. The summed E-state index contributed by atoms with van der Waals surface area (Å²) in [4.78, 5) is 0. The third kappa shape index (κ3) is 3.63. The summed E-state index contributed by atoms with van der Waals surface area (Å²) in [6, 6.07) is 0. The second-order valence-corrected chi connectivity index (χ2v) is 7.33. The molecule has 1 nitrogen and oxygen atoms in total. The maximum absolute atomic E-state index is 11.3. The van der Waals surface area contributed by atoms with E-state index in [-0.39, 0.29) is 5.41 Å². The normalized spacial score (nSPS) is 37.6. The van der Waals surface area contributed by atoms with Gasteiger partial charge >= 0.3 is 0 Å². The van der Waals surface area contributed by atoms with E-state index in [1.54, 1.807) is 0 Å². The summed E-state index contributed by atoms with van der Waals surface area (Å²) in [5.74, 6) is 1.28. The van der Waals surface area contributed by atoms with Crippen molar-refractivity contribution in [1.82, 2.24) is 0 Å². The van der Waals surface area contributed by atoms with Gasteiger partial charge in [-0.3, -0.25) is 0 Å². The zero-order valence-corrected chi connectivity index (χ0v) is 13.6. The van der Waals surface area contributed by atoms with Gasteiger partial charge in [-0.05, 0) is 55.3 Å². The molecule has 0 amide bonds. The molecular formula is C19H32O. The predicted molar refractivity (Wildman–Crippen MR) is 88.6 cm³/mol. The van der Waals surface area contributed by atoms with E-state index in [0.717, 1.165) is 25.7 Å². The second kappa shape index (κ2) is 6.76. The first kappa shape index (κ1) is 17.2. The third-order valence-corrected chi connectivity index (χ3v) is 4.94. The quantitative estimate of drug-likeness (QED) is 0.639. The van der Waals surface area contributed by atoms with Gasteiger partial charge in [0.05, 0.1) is 5.60 Å². The van der Waals surface area contributed by atoms with E-state index in [2.05, 4.69) is 40.5 Å². The molecule has 1 saturated carbocycles. The Balaban J connectivity index is 3.16. The van der Waals surface area contributed by atoms with Gasteiger partial charge < -0.3 is 5.11 Å². The molecular weight excluding hydrogens is 244 g/mol. The van der Waals surface area contributed by atoms with Crippen LogP contribution in [0.3, 0.4) is 0 Å². The number of hydrogen-bond donors (Lipinski definition) is 1. The number of allylic oxidation sites excluding steroid dienone is 2. The average molecular weight is 276 g/mol. The minimum Gasteiger partial charge on any atom is -0.389 e. The second-order valence-electron chi connectivity index (χ2n) is 7.33. The summed E-state index contributed by atoms with van der Waals surface area (Å²) in [6.07, 6.45) is 10.5. The van der Waals surface area contributed by atoms with Crippen LogP contribution in [0.5, 0.6) is 0 Å². The van der Waals surface area contributed by atoms with Crippen LogP contribution in [0.25, 0.3) is 0 Å².